The molecule has 1 spiro atoms. The zero-order valence-corrected chi connectivity index (χ0v) is 16.0. The predicted molar refractivity (Wildman–Crippen MR) is 103 cm³/mol. The van der Waals surface area contributed by atoms with Crippen LogP contribution in [0.25, 0.3) is 0 Å². The number of likely N-dealkylation sites (tertiary alicyclic amines) is 2. The van der Waals surface area contributed by atoms with Crippen molar-refractivity contribution in [3.63, 3.8) is 0 Å². The van der Waals surface area contributed by atoms with Crippen LogP contribution in [0.2, 0.25) is 0 Å². The maximum atomic E-state index is 5.06. The van der Waals surface area contributed by atoms with Gasteiger partial charge in [0.1, 0.15) is 0 Å². The van der Waals surface area contributed by atoms with Crippen LogP contribution >= 0.6 is 0 Å². The SMILES string of the molecule is CCCN1CCC(CN=C(NCC)N2CCC3(CCCC3)C2)CC1. The predicted octanol–water partition coefficient (Wildman–Crippen LogP) is 3.34. The van der Waals surface area contributed by atoms with Gasteiger partial charge >= 0.3 is 0 Å². The fourth-order valence-corrected chi connectivity index (χ4v) is 5.00. The van der Waals surface area contributed by atoms with Gasteiger partial charge in [-0.05, 0) is 76.4 Å². The first-order valence-electron chi connectivity index (χ1n) is 10.5. The largest absolute Gasteiger partial charge is 0.357 e. The molecule has 0 bridgehead atoms. The topological polar surface area (TPSA) is 30.9 Å². The minimum absolute atomic E-state index is 0.627. The van der Waals surface area contributed by atoms with E-state index in [0.29, 0.717) is 5.41 Å². The van der Waals surface area contributed by atoms with Crippen molar-refractivity contribution in [3.8, 4) is 0 Å². The van der Waals surface area contributed by atoms with E-state index in [2.05, 4.69) is 29.0 Å². The number of nitrogens with zero attached hydrogens (tertiary/aromatic N) is 3. The number of guanidine groups is 1. The normalized spacial score (nSPS) is 25.8. The van der Waals surface area contributed by atoms with E-state index < -0.39 is 0 Å². The molecule has 0 amide bonds. The molecular weight excluding hydrogens is 296 g/mol. The van der Waals surface area contributed by atoms with Crippen LogP contribution in [-0.4, -0.2) is 61.6 Å². The summed E-state index contributed by atoms with van der Waals surface area (Å²) in [4.78, 5) is 10.2. The second-order valence-corrected chi connectivity index (χ2v) is 8.36. The first kappa shape index (κ1) is 18.0. The number of rotatable bonds is 5. The minimum atomic E-state index is 0.627. The van der Waals surface area contributed by atoms with Gasteiger partial charge in [0, 0.05) is 26.2 Å². The Balaban J connectivity index is 1.51. The van der Waals surface area contributed by atoms with Crippen molar-refractivity contribution in [2.75, 3.05) is 45.8 Å². The van der Waals surface area contributed by atoms with E-state index >= 15 is 0 Å². The Kier molecular flexibility index (Phi) is 6.43. The molecule has 0 atom stereocenters. The van der Waals surface area contributed by atoms with E-state index in [1.54, 1.807) is 0 Å². The molecule has 0 unspecified atom stereocenters. The van der Waals surface area contributed by atoms with Gasteiger partial charge in [0.25, 0.3) is 0 Å². The Labute approximate surface area is 149 Å². The van der Waals surface area contributed by atoms with Crippen molar-refractivity contribution < 1.29 is 0 Å². The zero-order valence-electron chi connectivity index (χ0n) is 16.0. The summed E-state index contributed by atoms with van der Waals surface area (Å²) >= 11 is 0. The fraction of sp³-hybridized carbons (Fsp3) is 0.950. The van der Waals surface area contributed by atoms with Crippen LogP contribution in [0.4, 0.5) is 0 Å². The average molecular weight is 335 g/mol. The minimum Gasteiger partial charge on any atom is -0.357 e. The third-order valence-corrected chi connectivity index (χ3v) is 6.48. The van der Waals surface area contributed by atoms with Gasteiger partial charge < -0.3 is 15.1 Å². The van der Waals surface area contributed by atoms with Crippen LogP contribution < -0.4 is 5.32 Å². The lowest BCUT2D eigenvalue weighted by atomic mass is 9.86. The van der Waals surface area contributed by atoms with Gasteiger partial charge in [-0.1, -0.05) is 19.8 Å². The molecule has 4 nitrogen and oxygen atoms in total. The monoisotopic (exact) mass is 334 g/mol. The lowest BCUT2D eigenvalue weighted by Gasteiger charge is -2.31. The van der Waals surface area contributed by atoms with Crippen molar-refractivity contribution in [1.82, 2.24) is 15.1 Å². The van der Waals surface area contributed by atoms with Crippen LogP contribution in [0.5, 0.6) is 0 Å². The summed E-state index contributed by atoms with van der Waals surface area (Å²) in [7, 11) is 0. The number of piperidine rings is 1. The summed E-state index contributed by atoms with van der Waals surface area (Å²) < 4.78 is 0. The van der Waals surface area contributed by atoms with Crippen LogP contribution in [0.15, 0.2) is 4.99 Å². The summed E-state index contributed by atoms with van der Waals surface area (Å²) in [5.41, 5.74) is 0.627. The number of nitrogens with one attached hydrogen (secondary N) is 1. The standard InChI is InChI=1S/C20H38N4/c1-3-12-23-13-7-18(8-14-23)16-22-19(21-4-2)24-15-11-20(17-24)9-5-6-10-20/h18H,3-17H2,1-2H3,(H,21,22). The Morgan fingerprint density at radius 2 is 1.83 bits per heavy atom. The Morgan fingerprint density at radius 3 is 2.50 bits per heavy atom. The van der Waals surface area contributed by atoms with Crippen LogP contribution in [0.3, 0.4) is 0 Å². The van der Waals surface area contributed by atoms with Crippen LogP contribution in [-0.2, 0) is 0 Å². The van der Waals surface area contributed by atoms with E-state index in [1.807, 2.05) is 0 Å². The number of hydrogen-bond donors (Lipinski definition) is 1. The smallest absolute Gasteiger partial charge is 0.193 e. The molecule has 4 heteroatoms. The molecule has 138 valence electrons. The molecule has 0 radical (unpaired) electrons. The molecule has 0 aromatic carbocycles. The Bertz CT molecular complexity index is 406. The van der Waals surface area contributed by atoms with Gasteiger partial charge in [-0.2, -0.15) is 0 Å². The van der Waals surface area contributed by atoms with E-state index in [4.69, 9.17) is 4.99 Å². The molecule has 1 saturated carbocycles. The average Bonchev–Trinajstić information content (AvgIpc) is 3.23. The molecule has 3 rings (SSSR count). The third kappa shape index (κ3) is 4.44. The molecule has 3 fully saturated rings. The molecule has 2 heterocycles. The van der Waals surface area contributed by atoms with E-state index in [1.165, 1.54) is 90.0 Å². The van der Waals surface area contributed by atoms with Crippen molar-refractivity contribution in [3.05, 3.63) is 0 Å². The fourth-order valence-electron chi connectivity index (χ4n) is 5.00. The summed E-state index contributed by atoms with van der Waals surface area (Å²) in [5.74, 6) is 1.98. The van der Waals surface area contributed by atoms with Crippen molar-refractivity contribution in [1.29, 1.82) is 0 Å². The van der Waals surface area contributed by atoms with Gasteiger partial charge in [-0.15, -0.1) is 0 Å². The van der Waals surface area contributed by atoms with Gasteiger partial charge in [-0.25, -0.2) is 0 Å². The van der Waals surface area contributed by atoms with Crippen molar-refractivity contribution >= 4 is 5.96 Å². The maximum Gasteiger partial charge on any atom is 0.193 e. The first-order valence-corrected chi connectivity index (χ1v) is 10.5. The lowest BCUT2D eigenvalue weighted by Crippen LogP contribution is -2.41. The van der Waals surface area contributed by atoms with E-state index in [9.17, 15) is 0 Å². The third-order valence-electron chi connectivity index (χ3n) is 6.48. The second kappa shape index (κ2) is 8.55. The molecule has 1 aliphatic carbocycles. The van der Waals surface area contributed by atoms with Gasteiger partial charge in [0.2, 0.25) is 0 Å². The zero-order chi connectivity index (χ0) is 16.8. The molecule has 0 aromatic rings. The Morgan fingerprint density at radius 1 is 1.08 bits per heavy atom. The van der Waals surface area contributed by atoms with E-state index in [-0.39, 0.29) is 0 Å². The lowest BCUT2D eigenvalue weighted by molar-refractivity contribution is 0.188. The summed E-state index contributed by atoms with van der Waals surface area (Å²) in [6.07, 6.45) is 11.1. The Hall–Kier alpha value is -0.770. The summed E-state index contributed by atoms with van der Waals surface area (Å²) in [5, 5.41) is 3.57. The highest BCUT2D eigenvalue weighted by Crippen LogP contribution is 2.45. The highest BCUT2D eigenvalue weighted by molar-refractivity contribution is 5.80. The molecule has 1 N–H and O–H groups in total. The maximum absolute atomic E-state index is 5.06. The van der Waals surface area contributed by atoms with Crippen LogP contribution in [0, 0.1) is 11.3 Å². The van der Waals surface area contributed by atoms with Gasteiger partial charge in [0.15, 0.2) is 5.96 Å². The number of hydrogen-bond acceptors (Lipinski definition) is 2. The molecule has 24 heavy (non-hydrogen) atoms. The van der Waals surface area contributed by atoms with E-state index in [0.717, 1.165) is 19.0 Å². The highest BCUT2D eigenvalue weighted by Gasteiger charge is 2.41. The van der Waals surface area contributed by atoms with Crippen molar-refractivity contribution in [2.24, 2.45) is 16.3 Å². The van der Waals surface area contributed by atoms with Crippen molar-refractivity contribution in [2.45, 2.75) is 65.2 Å². The second-order valence-electron chi connectivity index (χ2n) is 8.36. The van der Waals surface area contributed by atoms with Gasteiger partial charge in [-0.3, -0.25) is 4.99 Å². The molecular formula is C20H38N4. The molecule has 3 aliphatic rings. The van der Waals surface area contributed by atoms with Crippen LogP contribution in [0.1, 0.15) is 65.2 Å². The summed E-state index contributed by atoms with van der Waals surface area (Å²) in [6, 6.07) is 0. The number of aliphatic imine (C=N–C) groups is 1. The summed E-state index contributed by atoms with van der Waals surface area (Å²) in [6.45, 7) is 12.8. The molecule has 0 aromatic heterocycles. The first-order chi connectivity index (χ1) is 11.7. The molecule has 2 aliphatic heterocycles. The quantitative estimate of drug-likeness (QED) is 0.618. The molecule has 2 saturated heterocycles. The highest BCUT2D eigenvalue weighted by atomic mass is 15.3. The van der Waals surface area contributed by atoms with Gasteiger partial charge in [0.05, 0.1) is 0 Å².